The maximum Gasteiger partial charge on any atom is 0.313 e. The Bertz CT molecular complexity index is 221. The van der Waals surface area contributed by atoms with Crippen LogP contribution >= 0.6 is 0 Å². The molecule has 0 aliphatic heterocycles. The Balaban J connectivity index is 3.88. The van der Waals surface area contributed by atoms with Gasteiger partial charge in [-0.2, -0.15) is 0 Å². The van der Waals surface area contributed by atoms with E-state index in [-0.39, 0.29) is 30.6 Å². The normalized spacial score (nSPS) is 13.0. The number of hydrogen-bond acceptors (Lipinski definition) is 4. The minimum atomic E-state index is -0.677. The van der Waals surface area contributed by atoms with E-state index in [9.17, 15) is 14.7 Å². The molecule has 0 aliphatic carbocycles. The number of rotatable bonds is 6. The lowest BCUT2D eigenvalue weighted by Crippen LogP contribution is -2.22. The zero-order valence-corrected chi connectivity index (χ0v) is 9.82. The van der Waals surface area contributed by atoms with Crippen LogP contribution in [-0.2, 0) is 14.3 Å². The standard InChI is InChI=1S/C11H20O4/c1-7(2)10(13)5-9(12)6-11(14)15-8(3)4/h7-8,10,13H,5-6H2,1-4H3/t10-/m1/s1. The molecule has 0 saturated heterocycles. The van der Waals surface area contributed by atoms with Crippen LogP contribution in [0.5, 0.6) is 0 Å². The molecule has 0 heterocycles. The summed E-state index contributed by atoms with van der Waals surface area (Å²) in [7, 11) is 0. The summed E-state index contributed by atoms with van der Waals surface area (Å²) in [6.07, 6.45) is -1.11. The maximum atomic E-state index is 11.3. The average Bonchev–Trinajstić information content (AvgIpc) is 2.00. The average molecular weight is 216 g/mol. The molecule has 15 heavy (non-hydrogen) atoms. The van der Waals surface area contributed by atoms with Crippen molar-refractivity contribution in [2.45, 2.75) is 52.7 Å². The fourth-order valence-corrected chi connectivity index (χ4v) is 1.01. The number of Topliss-reactive ketones (excluding diaryl/α,β-unsaturated/α-hetero) is 1. The summed E-state index contributed by atoms with van der Waals surface area (Å²) in [4.78, 5) is 22.4. The monoisotopic (exact) mass is 216 g/mol. The van der Waals surface area contributed by atoms with Gasteiger partial charge in [-0.3, -0.25) is 9.59 Å². The molecule has 0 spiro atoms. The van der Waals surface area contributed by atoms with Crippen molar-refractivity contribution < 1.29 is 19.4 Å². The number of carbonyl (C=O) groups is 2. The first-order valence-electron chi connectivity index (χ1n) is 5.22. The van der Waals surface area contributed by atoms with Crippen molar-refractivity contribution in [1.29, 1.82) is 0 Å². The van der Waals surface area contributed by atoms with Crippen LogP contribution in [0.2, 0.25) is 0 Å². The molecule has 0 amide bonds. The Kier molecular flexibility index (Phi) is 6.17. The number of aliphatic hydroxyl groups excluding tert-OH is 1. The second-order valence-corrected chi connectivity index (χ2v) is 4.27. The number of aliphatic hydroxyl groups is 1. The third kappa shape index (κ3) is 7.08. The van der Waals surface area contributed by atoms with Gasteiger partial charge in [-0.05, 0) is 19.8 Å². The lowest BCUT2D eigenvalue weighted by Gasteiger charge is -2.13. The Hall–Kier alpha value is -0.900. The highest BCUT2D eigenvalue weighted by Gasteiger charge is 2.17. The SMILES string of the molecule is CC(C)OC(=O)CC(=O)C[C@@H](O)C(C)C. The Labute approximate surface area is 90.6 Å². The molecular weight excluding hydrogens is 196 g/mol. The van der Waals surface area contributed by atoms with Crippen molar-refractivity contribution in [2.24, 2.45) is 5.92 Å². The number of ether oxygens (including phenoxy) is 1. The third-order valence-electron chi connectivity index (χ3n) is 1.92. The van der Waals surface area contributed by atoms with Crippen LogP contribution in [0.25, 0.3) is 0 Å². The molecule has 88 valence electrons. The van der Waals surface area contributed by atoms with Crippen molar-refractivity contribution >= 4 is 11.8 Å². The largest absolute Gasteiger partial charge is 0.463 e. The van der Waals surface area contributed by atoms with Crippen LogP contribution in [0.4, 0.5) is 0 Å². The fourth-order valence-electron chi connectivity index (χ4n) is 1.01. The Morgan fingerprint density at radius 1 is 1.20 bits per heavy atom. The first-order valence-corrected chi connectivity index (χ1v) is 5.22. The van der Waals surface area contributed by atoms with E-state index in [1.54, 1.807) is 13.8 Å². The van der Waals surface area contributed by atoms with Gasteiger partial charge in [0.2, 0.25) is 0 Å². The van der Waals surface area contributed by atoms with Crippen molar-refractivity contribution in [3.05, 3.63) is 0 Å². The van der Waals surface area contributed by atoms with E-state index in [0.29, 0.717) is 0 Å². The van der Waals surface area contributed by atoms with Crippen LogP contribution in [0.3, 0.4) is 0 Å². The molecule has 0 aromatic carbocycles. The van der Waals surface area contributed by atoms with Crippen molar-refractivity contribution in [3.63, 3.8) is 0 Å². The number of esters is 1. The quantitative estimate of drug-likeness (QED) is 0.537. The second kappa shape index (κ2) is 6.56. The molecule has 0 saturated carbocycles. The van der Waals surface area contributed by atoms with Gasteiger partial charge in [0, 0.05) is 6.42 Å². The molecule has 0 fully saturated rings. The molecule has 1 N–H and O–H groups in total. The predicted octanol–water partition coefficient (Wildman–Crippen LogP) is 1.30. The molecule has 0 aromatic heterocycles. The fraction of sp³-hybridized carbons (Fsp3) is 0.818. The molecule has 1 atom stereocenters. The van der Waals surface area contributed by atoms with E-state index < -0.39 is 12.1 Å². The van der Waals surface area contributed by atoms with E-state index >= 15 is 0 Å². The Morgan fingerprint density at radius 2 is 1.73 bits per heavy atom. The molecule has 0 radical (unpaired) electrons. The predicted molar refractivity (Wildman–Crippen MR) is 56.3 cm³/mol. The maximum absolute atomic E-state index is 11.3. The van der Waals surface area contributed by atoms with Crippen LogP contribution in [0, 0.1) is 5.92 Å². The van der Waals surface area contributed by atoms with Gasteiger partial charge in [-0.1, -0.05) is 13.8 Å². The zero-order chi connectivity index (χ0) is 12.0. The first kappa shape index (κ1) is 14.1. The van der Waals surface area contributed by atoms with Gasteiger partial charge in [0.15, 0.2) is 0 Å². The summed E-state index contributed by atoms with van der Waals surface area (Å²) in [5, 5.41) is 9.42. The molecule has 0 rings (SSSR count). The highest BCUT2D eigenvalue weighted by atomic mass is 16.5. The van der Waals surface area contributed by atoms with Crippen LogP contribution in [0.1, 0.15) is 40.5 Å². The molecule has 0 bridgehead atoms. The lowest BCUT2D eigenvalue weighted by molar-refractivity contribution is -0.149. The smallest absolute Gasteiger partial charge is 0.313 e. The van der Waals surface area contributed by atoms with Gasteiger partial charge in [-0.25, -0.2) is 0 Å². The molecular formula is C11H20O4. The molecule has 4 heteroatoms. The van der Waals surface area contributed by atoms with Gasteiger partial charge < -0.3 is 9.84 Å². The summed E-state index contributed by atoms with van der Waals surface area (Å²) in [6, 6.07) is 0. The van der Waals surface area contributed by atoms with Gasteiger partial charge in [0.05, 0.1) is 12.2 Å². The number of hydrogen-bond donors (Lipinski definition) is 1. The minimum Gasteiger partial charge on any atom is -0.463 e. The highest BCUT2D eigenvalue weighted by molar-refractivity contribution is 5.95. The number of carbonyl (C=O) groups excluding carboxylic acids is 2. The third-order valence-corrected chi connectivity index (χ3v) is 1.92. The van der Waals surface area contributed by atoms with Gasteiger partial charge >= 0.3 is 5.97 Å². The molecule has 0 unspecified atom stereocenters. The van der Waals surface area contributed by atoms with E-state index in [1.165, 1.54) is 0 Å². The summed E-state index contributed by atoms with van der Waals surface area (Å²) < 4.78 is 4.82. The van der Waals surface area contributed by atoms with Gasteiger partial charge in [0.25, 0.3) is 0 Å². The van der Waals surface area contributed by atoms with Crippen molar-refractivity contribution in [3.8, 4) is 0 Å². The van der Waals surface area contributed by atoms with Gasteiger partial charge in [0.1, 0.15) is 12.2 Å². The van der Waals surface area contributed by atoms with Crippen molar-refractivity contribution in [2.75, 3.05) is 0 Å². The first-order chi connectivity index (χ1) is 6.82. The number of ketones is 1. The van der Waals surface area contributed by atoms with Crippen LogP contribution < -0.4 is 0 Å². The minimum absolute atomic E-state index is 0.0187. The topological polar surface area (TPSA) is 63.6 Å². The van der Waals surface area contributed by atoms with Gasteiger partial charge in [-0.15, -0.1) is 0 Å². The summed E-state index contributed by atoms with van der Waals surface area (Å²) >= 11 is 0. The zero-order valence-electron chi connectivity index (χ0n) is 9.82. The Morgan fingerprint density at radius 3 is 2.13 bits per heavy atom. The second-order valence-electron chi connectivity index (χ2n) is 4.27. The van der Waals surface area contributed by atoms with E-state index in [1.807, 2.05) is 13.8 Å². The molecule has 4 nitrogen and oxygen atoms in total. The van der Waals surface area contributed by atoms with Crippen molar-refractivity contribution in [1.82, 2.24) is 0 Å². The van der Waals surface area contributed by atoms with Crippen LogP contribution in [-0.4, -0.2) is 29.1 Å². The van der Waals surface area contributed by atoms with E-state index in [0.717, 1.165) is 0 Å². The van der Waals surface area contributed by atoms with E-state index in [4.69, 9.17) is 4.74 Å². The summed E-state index contributed by atoms with van der Waals surface area (Å²) in [5.74, 6) is -0.775. The molecule has 0 aromatic rings. The summed E-state index contributed by atoms with van der Waals surface area (Å²) in [5.41, 5.74) is 0. The lowest BCUT2D eigenvalue weighted by atomic mass is 10.0. The van der Waals surface area contributed by atoms with Crippen LogP contribution in [0.15, 0.2) is 0 Å². The molecule has 0 aliphatic rings. The summed E-state index contributed by atoms with van der Waals surface area (Å²) in [6.45, 7) is 7.10. The van der Waals surface area contributed by atoms with E-state index in [2.05, 4.69) is 0 Å². The highest BCUT2D eigenvalue weighted by Crippen LogP contribution is 2.08.